The molecule has 0 N–H and O–H groups in total. The number of hydrogen-bond acceptors (Lipinski definition) is 6. The molecule has 128 valence electrons. The van der Waals surface area contributed by atoms with Crippen LogP contribution in [0.15, 0.2) is 5.70 Å². The number of esters is 1. The molecule has 0 spiro atoms. The summed E-state index contributed by atoms with van der Waals surface area (Å²) < 4.78 is 10.3. The van der Waals surface area contributed by atoms with E-state index in [4.69, 9.17) is 9.47 Å². The first-order chi connectivity index (χ1) is 10.8. The molecule has 1 atom stereocenters. The summed E-state index contributed by atoms with van der Waals surface area (Å²) in [6, 6.07) is 0.0263. The molecule has 0 aromatic rings. The predicted octanol–water partition coefficient (Wildman–Crippen LogP) is 1.21. The molecule has 1 amide bonds. The van der Waals surface area contributed by atoms with Gasteiger partial charge in [-0.25, -0.2) is 9.59 Å². The number of carbonyl (C=O) groups is 2. The highest BCUT2D eigenvalue weighted by molar-refractivity contribution is 5.80. The molecule has 0 radical (unpaired) electrons. The third kappa shape index (κ3) is 3.85. The van der Waals surface area contributed by atoms with Gasteiger partial charge in [0.1, 0.15) is 23.2 Å². The van der Waals surface area contributed by atoms with E-state index < -0.39 is 11.5 Å². The number of likely N-dealkylation sites (tertiary alicyclic amines) is 2. The molecule has 7 heteroatoms. The summed E-state index contributed by atoms with van der Waals surface area (Å²) in [4.78, 5) is 38.6. The fraction of sp³-hybridized carbons (Fsp3) is 0.750. The zero-order valence-electron chi connectivity index (χ0n) is 14.1. The lowest BCUT2D eigenvalue weighted by Gasteiger charge is -2.44. The van der Waals surface area contributed by atoms with E-state index in [0.717, 1.165) is 0 Å². The number of hydrogen-bond donors (Lipinski definition) is 0. The average Bonchev–Trinajstić information content (AvgIpc) is 2.78. The van der Waals surface area contributed by atoms with Crippen LogP contribution in [-0.2, 0) is 19.1 Å². The summed E-state index contributed by atoms with van der Waals surface area (Å²) in [6.07, 6.45) is 0.193. The summed E-state index contributed by atoms with van der Waals surface area (Å²) in [7, 11) is 0. The number of nitrogens with zero attached hydrogens (tertiary/aromatic N) is 2. The number of carbonyl (C=O) groups excluding carboxylic acids is 3. The van der Waals surface area contributed by atoms with Crippen LogP contribution < -0.4 is 0 Å². The van der Waals surface area contributed by atoms with Crippen molar-refractivity contribution in [3.63, 3.8) is 0 Å². The molecule has 0 aliphatic carbocycles. The van der Waals surface area contributed by atoms with E-state index in [1.54, 1.807) is 11.8 Å². The highest BCUT2D eigenvalue weighted by atomic mass is 16.6. The summed E-state index contributed by atoms with van der Waals surface area (Å²) in [5, 5.41) is 0. The quantitative estimate of drug-likeness (QED) is 0.574. The van der Waals surface area contributed by atoms with Crippen molar-refractivity contribution >= 4 is 18.0 Å². The monoisotopic (exact) mass is 324 g/mol. The molecule has 0 bridgehead atoms. The van der Waals surface area contributed by atoms with Crippen LogP contribution in [0.2, 0.25) is 0 Å². The molecule has 1 unspecified atom stereocenters. The van der Waals surface area contributed by atoms with Crippen LogP contribution in [0, 0.1) is 5.92 Å². The molecule has 2 saturated heterocycles. The normalized spacial score (nSPS) is 21.7. The third-order valence-corrected chi connectivity index (χ3v) is 3.93. The molecule has 0 aromatic heterocycles. The van der Waals surface area contributed by atoms with Crippen LogP contribution in [0.25, 0.3) is 0 Å². The van der Waals surface area contributed by atoms with E-state index in [-0.39, 0.29) is 24.7 Å². The lowest BCUT2D eigenvalue weighted by molar-refractivity contribution is -0.146. The van der Waals surface area contributed by atoms with E-state index in [1.165, 1.54) is 0 Å². The highest BCUT2D eigenvalue weighted by Gasteiger charge is 2.44. The van der Waals surface area contributed by atoms with Gasteiger partial charge in [0.25, 0.3) is 0 Å². The molecule has 0 saturated carbocycles. The van der Waals surface area contributed by atoms with Crippen LogP contribution in [0.1, 0.15) is 34.1 Å². The summed E-state index contributed by atoms with van der Waals surface area (Å²) >= 11 is 0. The van der Waals surface area contributed by atoms with Gasteiger partial charge in [0.15, 0.2) is 0 Å². The van der Waals surface area contributed by atoms with Crippen molar-refractivity contribution in [2.45, 2.75) is 45.8 Å². The third-order valence-electron chi connectivity index (χ3n) is 3.93. The molecule has 7 nitrogen and oxygen atoms in total. The number of amides is 1. The first-order valence-corrected chi connectivity index (χ1v) is 7.93. The molecular formula is C16H24N2O5. The van der Waals surface area contributed by atoms with Crippen LogP contribution in [0.3, 0.4) is 0 Å². The second-order valence-electron chi connectivity index (χ2n) is 6.81. The minimum absolute atomic E-state index is 0.0263. The Kier molecular flexibility index (Phi) is 5.00. The van der Waals surface area contributed by atoms with Crippen molar-refractivity contribution in [3.8, 4) is 0 Å². The van der Waals surface area contributed by atoms with E-state index in [9.17, 15) is 14.4 Å². The van der Waals surface area contributed by atoms with Gasteiger partial charge in [0.05, 0.1) is 12.6 Å². The van der Waals surface area contributed by atoms with Crippen molar-refractivity contribution in [1.29, 1.82) is 0 Å². The Morgan fingerprint density at radius 2 is 1.96 bits per heavy atom. The fourth-order valence-corrected chi connectivity index (χ4v) is 2.83. The first kappa shape index (κ1) is 17.3. The SMILES string of the molecule is CCOC(=O)C1CCN(C2CN(C(=O)OC(C)(C)C)C2)C1=C=O. The maximum absolute atomic E-state index is 11.9. The van der Waals surface area contributed by atoms with Crippen molar-refractivity contribution in [2.75, 3.05) is 26.2 Å². The first-order valence-electron chi connectivity index (χ1n) is 7.93. The zero-order valence-corrected chi connectivity index (χ0v) is 14.1. The Labute approximate surface area is 136 Å². The Balaban J connectivity index is 1.92. The van der Waals surface area contributed by atoms with E-state index >= 15 is 0 Å². The van der Waals surface area contributed by atoms with E-state index in [0.29, 0.717) is 31.8 Å². The van der Waals surface area contributed by atoms with Gasteiger partial charge in [-0.1, -0.05) is 0 Å². The molecule has 2 aliphatic rings. The maximum atomic E-state index is 11.9. The predicted molar refractivity (Wildman–Crippen MR) is 82.2 cm³/mol. The van der Waals surface area contributed by atoms with Gasteiger partial charge in [-0.15, -0.1) is 0 Å². The van der Waals surface area contributed by atoms with Gasteiger partial charge < -0.3 is 19.3 Å². The van der Waals surface area contributed by atoms with Crippen LogP contribution >= 0.6 is 0 Å². The summed E-state index contributed by atoms with van der Waals surface area (Å²) in [5.41, 5.74) is -0.184. The number of rotatable bonds is 3. The van der Waals surface area contributed by atoms with Gasteiger partial charge in [0, 0.05) is 19.6 Å². The molecule has 23 heavy (non-hydrogen) atoms. The Morgan fingerprint density at radius 3 is 2.48 bits per heavy atom. The molecule has 0 aromatic carbocycles. The van der Waals surface area contributed by atoms with Gasteiger partial charge >= 0.3 is 12.1 Å². The lowest BCUT2D eigenvalue weighted by Crippen LogP contribution is -2.60. The highest BCUT2D eigenvalue weighted by Crippen LogP contribution is 2.32. The summed E-state index contributed by atoms with van der Waals surface area (Å²) in [6.45, 7) is 9.04. The molecule has 2 rings (SSSR count). The van der Waals surface area contributed by atoms with Gasteiger partial charge in [0.2, 0.25) is 0 Å². The largest absolute Gasteiger partial charge is 0.465 e. The second kappa shape index (κ2) is 6.62. The van der Waals surface area contributed by atoms with Crippen molar-refractivity contribution < 1.29 is 23.9 Å². The smallest absolute Gasteiger partial charge is 0.410 e. The van der Waals surface area contributed by atoms with E-state index in [1.807, 2.05) is 31.6 Å². The van der Waals surface area contributed by atoms with Gasteiger partial charge in [-0.05, 0) is 34.1 Å². The molecule has 2 heterocycles. The Morgan fingerprint density at radius 1 is 1.30 bits per heavy atom. The maximum Gasteiger partial charge on any atom is 0.410 e. The van der Waals surface area contributed by atoms with Gasteiger partial charge in [-0.2, -0.15) is 0 Å². The molecule has 2 aliphatic heterocycles. The molecular weight excluding hydrogens is 300 g/mol. The Bertz CT molecular complexity index is 527. The van der Waals surface area contributed by atoms with Crippen molar-refractivity contribution in [2.24, 2.45) is 5.92 Å². The van der Waals surface area contributed by atoms with E-state index in [2.05, 4.69) is 0 Å². The van der Waals surface area contributed by atoms with Crippen LogP contribution in [0.4, 0.5) is 4.79 Å². The summed E-state index contributed by atoms with van der Waals surface area (Å²) in [5.74, 6) is 0.975. The standard InChI is InChI=1S/C16H24N2O5/c1-5-22-14(20)12-6-7-18(13(12)10-19)11-8-17(9-11)15(21)23-16(2,3)4/h11-12H,5-9H2,1-4H3. The van der Waals surface area contributed by atoms with Crippen LogP contribution in [0.5, 0.6) is 0 Å². The Hall–Kier alpha value is -2.01. The lowest BCUT2D eigenvalue weighted by atomic mass is 10.1. The van der Waals surface area contributed by atoms with Crippen molar-refractivity contribution in [1.82, 2.24) is 9.80 Å². The van der Waals surface area contributed by atoms with Gasteiger partial charge in [-0.3, -0.25) is 4.79 Å². The second-order valence-corrected chi connectivity index (χ2v) is 6.81. The van der Waals surface area contributed by atoms with Crippen LogP contribution in [-0.4, -0.2) is 65.7 Å². The zero-order chi connectivity index (χ0) is 17.2. The average molecular weight is 324 g/mol. The van der Waals surface area contributed by atoms with Crippen molar-refractivity contribution in [3.05, 3.63) is 5.70 Å². The minimum atomic E-state index is -0.539. The molecule has 2 fully saturated rings. The number of ether oxygens (including phenoxy) is 2. The fourth-order valence-electron chi connectivity index (χ4n) is 2.83. The topological polar surface area (TPSA) is 76.2 Å². The minimum Gasteiger partial charge on any atom is -0.465 e.